The molecule has 20 heavy (non-hydrogen) atoms. The number of hydrogen-bond acceptors (Lipinski definition) is 5. The van der Waals surface area contributed by atoms with E-state index in [2.05, 4.69) is 5.16 Å². The summed E-state index contributed by atoms with van der Waals surface area (Å²) in [5.74, 6) is -0.359. The first-order valence-electron chi connectivity index (χ1n) is 5.75. The van der Waals surface area contributed by atoms with E-state index in [1.807, 2.05) is 0 Å². The van der Waals surface area contributed by atoms with Gasteiger partial charge in [0.25, 0.3) is 0 Å². The molecule has 1 aromatic heterocycles. The minimum absolute atomic E-state index is 0.112. The van der Waals surface area contributed by atoms with E-state index in [4.69, 9.17) is 37.6 Å². The summed E-state index contributed by atoms with van der Waals surface area (Å²) in [5.41, 5.74) is 0.776. The van der Waals surface area contributed by atoms with Crippen molar-refractivity contribution in [3.8, 4) is 11.3 Å². The molecule has 0 unspecified atom stereocenters. The Balaban J connectivity index is 2.51. The van der Waals surface area contributed by atoms with Gasteiger partial charge < -0.3 is 14.4 Å². The van der Waals surface area contributed by atoms with Gasteiger partial charge in [0.1, 0.15) is 23.6 Å². The number of aliphatic hydroxyl groups excluding tert-OH is 1. The molecule has 0 saturated heterocycles. The molecule has 0 radical (unpaired) electrons. The number of aliphatic hydroxyl groups is 1. The van der Waals surface area contributed by atoms with E-state index in [0.29, 0.717) is 21.4 Å². The third-order valence-corrected chi connectivity index (χ3v) is 3.22. The SMILES string of the molecule is Cc1onc(-c2c(Cl)cccc2Cl)c1C(=O)OCCO. The Morgan fingerprint density at radius 2 is 2.05 bits per heavy atom. The van der Waals surface area contributed by atoms with Crippen molar-refractivity contribution in [2.75, 3.05) is 13.2 Å². The zero-order valence-electron chi connectivity index (χ0n) is 10.5. The van der Waals surface area contributed by atoms with Crippen molar-refractivity contribution < 1.29 is 19.2 Å². The maximum atomic E-state index is 12.0. The lowest BCUT2D eigenvalue weighted by molar-refractivity contribution is 0.0432. The Hall–Kier alpha value is -1.56. The lowest BCUT2D eigenvalue weighted by Crippen LogP contribution is -2.10. The summed E-state index contributed by atoms with van der Waals surface area (Å²) in [4.78, 5) is 12.0. The van der Waals surface area contributed by atoms with Gasteiger partial charge in [-0.3, -0.25) is 0 Å². The molecule has 1 N–H and O–H groups in total. The highest BCUT2D eigenvalue weighted by atomic mass is 35.5. The van der Waals surface area contributed by atoms with Gasteiger partial charge in [-0.25, -0.2) is 4.79 Å². The van der Waals surface area contributed by atoms with Crippen LogP contribution in [-0.2, 0) is 4.74 Å². The molecule has 0 bridgehead atoms. The largest absolute Gasteiger partial charge is 0.460 e. The molecule has 2 aromatic rings. The Kier molecular flexibility index (Phi) is 4.65. The number of rotatable bonds is 4. The molecule has 0 amide bonds. The minimum atomic E-state index is -0.649. The Morgan fingerprint density at radius 3 is 2.65 bits per heavy atom. The Bertz CT molecular complexity index is 619. The molecule has 1 heterocycles. The number of carbonyl (C=O) groups is 1. The maximum absolute atomic E-state index is 12.0. The number of halogens is 2. The lowest BCUT2D eigenvalue weighted by Gasteiger charge is -2.06. The smallest absolute Gasteiger partial charge is 0.344 e. The van der Waals surface area contributed by atoms with E-state index in [9.17, 15) is 4.79 Å². The van der Waals surface area contributed by atoms with Crippen LogP contribution >= 0.6 is 23.2 Å². The van der Waals surface area contributed by atoms with E-state index in [0.717, 1.165) is 0 Å². The predicted octanol–water partition coefficient (Wildman–Crippen LogP) is 3.11. The van der Waals surface area contributed by atoms with Gasteiger partial charge in [0.2, 0.25) is 0 Å². The molecule has 7 heteroatoms. The quantitative estimate of drug-likeness (QED) is 0.878. The van der Waals surface area contributed by atoms with Gasteiger partial charge >= 0.3 is 5.97 Å². The average Bonchev–Trinajstić information content (AvgIpc) is 2.78. The van der Waals surface area contributed by atoms with Crippen LogP contribution in [0.3, 0.4) is 0 Å². The summed E-state index contributed by atoms with van der Waals surface area (Å²) >= 11 is 12.2. The van der Waals surface area contributed by atoms with E-state index < -0.39 is 5.97 Å². The first-order chi connectivity index (χ1) is 9.56. The molecule has 1 aromatic carbocycles. The van der Waals surface area contributed by atoms with Crippen LogP contribution < -0.4 is 0 Å². The summed E-state index contributed by atoms with van der Waals surface area (Å²) in [6.45, 7) is 1.20. The molecule has 0 aliphatic heterocycles. The number of benzene rings is 1. The molecule has 0 saturated carbocycles. The van der Waals surface area contributed by atoms with Crippen molar-refractivity contribution in [2.45, 2.75) is 6.92 Å². The monoisotopic (exact) mass is 315 g/mol. The zero-order valence-corrected chi connectivity index (χ0v) is 12.0. The molecular weight excluding hydrogens is 305 g/mol. The molecule has 5 nitrogen and oxygen atoms in total. The van der Waals surface area contributed by atoms with Gasteiger partial charge in [-0.05, 0) is 19.1 Å². The van der Waals surface area contributed by atoms with E-state index in [-0.39, 0.29) is 24.5 Å². The topological polar surface area (TPSA) is 72.6 Å². The van der Waals surface area contributed by atoms with Gasteiger partial charge in [0.05, 0.1) is 16.7 Å². The fourth-order valence-corrected chi connectivity index (χ4v) is 2.29. The minimum Gasteiger partial charge on any atom is -0.460 e. The number of hydrogen-bond donors (Lipinski definition) is 1. The van der Waals surface area contributed by atoms with Crippen molar-refractivity contribution in [2.24, 2.45) is 0 Å². The standard InChI is InChI=1S/C13H11Cl2NO4/c1-7-10(13(18)19-6-5-17)12(16-20-7)11-8(14)3-2-4-9(11)15/h2-4,17H,5-6H2,1H3. The van der Waals surface area contributed by atoms with E-state index in [1.54, 1.807) is 25.1 Å². The van der Waals surface area contributed by atoms with Gasteiger partial charge in [0.15, 0.2) is 0 Å². The summed E-state index contributed by atoms with van der Waals surface area (Å²) in [6, 6.07) is 4.95. The van der Waals surface area contributed by atoms with Crippen molar-refractivity contribution >= 4 is 29.2 Å². The predicted molar refractivity (Wildman–Crippen MR) is 74.1 cm³/mol. The van der Waals surface area contributed by atoms with Crippen LogP contribution in [-0.4, -0.2) is 29.4 Å². The number of ether oxygens (including phenoxy) is 1. The van der Waals surface area contributed by atoms with Crippen LogP contribution in [0.5, 0.6) is 0 Å². The summed E-state index contributed by atoms with van der Waals surface area (Å²) in [7, 11) is 0. The first kappa shape index (κ1) is 14.8. The molecular formula is C13H11Cl2NO4. The van der Waals surface area contributed by atoms with Crippen LogP contribution in [0, 0.1) is 6.92 Å². The number of esters is 1. The number of nitrogens with zero attached hydrogens (tertiary/aromatic N) is 1. The van der Waals surface area contributed by atoms with Gasteiger partial charge in [0, 0.05) is 5.56 Å². The van der Waals surface area contributed by atoms with Crippen LogP contribution in [0.25, 0.3) is 11.3 Å². The second-order valence-corrected chi connectivity index (χ2v) is 4.73. The van der Waals surface area contributed by atoms with E-state index >= 15 is 0 Å². The highest BCUT2D eigenvalue weighted by Crippen LogP contribution is 2.36. The second kappa shape index (κ2) is 6.26. The molecule has 0 fully saturated rings. The van der Waals surface area contributed by atoms with Crippen LogP contribution in [0.1, 0.15) is 16.1 Å². The van der Waals surface area contributed by atoms with Crippen molar-refractivity contribution in [3.63, 3.8) is 0 Å². The molecule has 0 atom stereocenters. The Morgan fingerprint density at radius 1 is 1.40 bits per heavy atom. The van der Waals surface area contributed by atoms with Crippen molar-refractivity contribution in [1.82, 2.24) is 5.16 Å². The van der Waals surface area contributed by atoms with Crippen LogP contribution in [0.2, 0.25) is 10.0 Å². The molecule has 106 valence electrons. The molecule has 2 rings (SSSR count). The van der Waals surface area contributed by atoms with Gasteiger partial charge in [-0.1, -0.05) is 34.4 Å². The average molecular weight is 316 g/mol. The Labute approximate surface area is 125 Å². The van der Waals surface area contributed by atoms with Gasteiger partial charge in [-0.15, -0.1) is 0 Å². The normalized spacial score (nSPS) is 10.6. The number of aryl methyl sites for hydroxylation is 1. The third-order valence-electron chi connectivity index (χ3n) is 2.59. The van der Waals surface area contributed by atoms with Crippen molar-refractivity contribution in [3.05, 3.63) is 39.6 Å². The first-order valence-corrected chi connectivity index (χ1v) is 6.50. The summed E-state index contributed by atoms with van der Waals surface area (Å²) < 4.78 is 9.91. The fourth-order valence-electron chi connectivity index (χ4n) is 1.72. The fraction of sp³-hybridized carbons (Fsp3) is 0.231. The zero-order chi connectivity index (χ0) is 14.7. The van der Waals surface area contributed by atoms with Gasteiger partial charge in [-0.2, -0.15) is 0 Å². The van der Waals surface area contributed by atoms with Crippen LogP contribution in [0.4, 0.5) is 0 Å². The molecule has 0 aliphatic rings. The molecule has 0 aliphatic carbocycles. The summed E-state index contributed by atoms with van der Waals surface area (Å²) in [5, 5.41) is 13.2. The highest BCUT2D eigenvalue weighted by Gasteiger charge is 2.25. The summed E-state index contributed by atoms with van der Waals surface area (Å²) in [6.07, 6.45) is 0. The lowest BCUT2D eigenvalue weighted by atomic mass is 10.1. The van der Waals surface area contributed by atoms with Crippen LogP contribution in [0.15, 0.2) is 22.7 Å². The van der Waals surface area contributed by atoms with Crippen molar-refractivity contribution in [1.29, 1.82) is 0 Å². The number of aromatic nitrogens is 1. The maximum Gasteiger partial charge on any atom is 0.344 e. The third kappa shape index (κ3) is 2.80. The number of carbonyl (C=O) groups excluding carboxylic acids is 1. The highest BCUT2D eigenvalue weighted by molar-refractivity contribution is 6.39. The molecule has 0 spiro atoms. The second-order valence-electron chi connectivity index (χ2n) is 3.92. The van der Waals surface area contributed by atoms with E-state index in [1.165, 1.54) is 0 Å².